The van der Waals surface area contributed by atoms with Gasteiger partial charge < -0.3 is 0 Å². The lowest BCUT2D eigenvalue weighted by atomic mass is 9.80. The maximum Gasteiger partial charge on any atom is 0.416 e. The Balaban J connectivity index is 2.66. The third-order valence-electron chi connectivity index (χ3n) is 4.34. The van der Waals surface area contributed by atoms with Gasteiger partial charge in [0.25, 0.3) is 0 Å². The summed E-state index contributed by atoms with van der Waals surface area (Å²) in [7, 11) is -2.51. The van der Waals surface area contributed by atoms with E-state index in [1.165, 1.54) is 14.0 Å². The van der Waals surface area contributed by atoms with Crippen LogP contribution in [0, 0.1) is 6.92 Å². The highest BCUT2D eigenvalue weighted by atomic mass is 32.2. The maximum atomic E-state index is 13.3. The van der Waals surface area contributed by atoms with Crippen LogP contribution in [-0.2, 0) is 16.2 Å². The van der Waals surface area contributed by atoms with E-state index < -0.39 is 21.8 Å². The molecule has 22 heavy (non-hydrogen) atoms. The Labute approximate surface area is 129 Å². The van der Waals surface area contributed by atoms with Gasteiger partial charge in [-0.3, -0.25) is 0 Å². The molecule has 0 aromatic heterocycles. The van der Waals surface area contributed by atoms with Crippen molar-refractivity contribution in [3.63, 3.8) is 0 Å². The second kappa shape index (κ2) is 6.20. The van der Waals surface area contributed by atoms with E-state index in [-0.39, 0.29) is 21.9 Å². The van der Waals surface area contributed by atoms with Crippen molar-refractivity contribution >= 4 is 10.0 Å². The normalized spacial score (nSPS) is 17.7. The SMILES string of the molecule is CNS(=O)(=O)c1ccc(C(F)(F)F)c(C2CCCCC2)c1C. The molecule has 0 atom stereocenters. The molecule has 0 spiro atoms. The van der Waals surface area contributed by atoms with Crippen molar-refractivity contribution in [2.75, 3.05) is 7.05 Å². The fraction of sp³-hybridized carbons (Fsp3) is 0.600. The van der Waals surface area contributed by atoms with Crippen molar-refractivity contribution in [2.24, 2.45) is 0 Å². The van der Waals surface area contributed by atoms with Crippen LogP contribution in [0.2, 0.25) is 0 Å². The Morgan fingerprint density at radius 2 is 1.73 bits per heavy atom. The first-order valence-electron chi connectivity index (χ1n) is 7.32. The van der Waals surface area contributed by atoms with E-state index in [1.54, 1.807) is 0 Å². The molecule has 0 saturated heterocycles. The number of halogens is 3. The molecule has 3 nitrogen and oxygen atoms in total. The van der Waals surface area contributed by atoms with Crippen LogP contribution in [0.5, 0.6) is 0 Å². The summed E-state index contributed by atoms with van der Waals surface area (Å²) in [5.41, 5.74) is -0.327. The van der Waals surface area contributed by atoms with E-state index in [0.717, 1.165) is 31.4 Å². The second-order valence-corrected chi connectivity index (χ2v) is 7.55. The average molecular weight is 335 g/mol. The van der Waals surface area contributed by atoms with Gasteiger partial charge in [-0.1, -0.05) is 19.3 Å². The number of hydrogen-bond donors (Lipinski definition) is 1. The monoisotopic (exact) mass is 335 g/mol. The molecule has 1 aliphatic carbocycles. The number of sulfonamides is 1. The van der Waals surface area contributed by atoms with Gasteiger partial charge >= 0.3 is 6.18 Å². The molecule has 7 heteroatoms. The van der Waals surface area contributed by atoms with Gasteiger partial charge in [-0.25, -0.2) is 13.1 Å². The van der Waals surface area contributed by atoms with Gasteiger partial charge in [0.05, 0.1) is 10.5 Å². The number of alkyl halides is 3. The van der Waals surface area contributed by atoms with Crippen molar-refractivity contribution in [1.82, 2.24) is 4.72 Å². The molecule has 1 N–H and O–H groups in total. The largest absolute Gasteiger partial charge is 0.416 e. The molecule has 0 amide bonds. The van der Waals surface area contributed by atoms with Crippen LogP contribution in [-0.4, -0.2) is 15.5 Å². The molecule has 1 saturated carbocycles. The first kappa shape index (κ1) is 17.3. The lowest BCUT2D eigenvalue weighted by Gasteiger charge is -2.28. The molecular weight excluding hydrogens is 315 g/mol. The smallest absolute Gasteiger partial charge is 0.214 e. The summed E-state index contributed by atoms with van der Waals surface area (Å²) in [6, 6.07) is 1.96. The quantitative estimate of drug-likeness (QED) is 0.908. The standard InChI is InChI=1S/C15H20F3NO2S/c1-10-13(22(20,21)19-2)9-8-12(15(16,17)18)14(10)11-6-4-3-5-7-11/h8-9,11,19H,3-7H2,1-2H3. The average Bonchev–Trinajstić information content (AvgIpc) is 2.46. The molecule has 1 aromatic carbocycles. The summed E-state index contributed by atoms with van der Waals surface area (Å²) in [6.07, 6.45) is -0.348. The van der Waals surface area contributed by atoms with E-state index in [2.05, 4.69) is 4.72 Å². The molecular formula is C15H20F3NO2S. The van der Waals surface area contributed by atoms with Crippen LogP contribution in [0.1, 0.15) is 54.7 Å². The Morgan fingerprint density at radius 3 is 2.23 bits per heavy atom. The van der Waals surface area contributed by atoms with E-state index in [0.29, 0.717) is 12.8 Å². The highest BCUT2D eigenvalue weighted by Gasteiger charge is 2.37. The summed E-state index contributed by atoms with van der Waals surface area (Å²) in [4.78, 5) is -0.0661. The van der Waals surface area contributed by atoms with E-state index >= 15 is 0 Å². The summed E-state index contributed by atoms with van der Waals surface area (Å²) in [6.45, 7) is 1.48. The number of rotatable bonds is 3. The van der Waals surface area contributed by atoms with Gasteiger partial charge in [0.1, 0.15) is 0 Å². The molecule has 0 heterocycles. The summed E-state index contributed by atoms with van der Waals surface area (Å²) >= 11 is 0. The van der Waals surface area contributed by atoms with E-state index in [9.17, 15) is 21.6 Å². The number of hydrogen-bond acceptors (Lipinski definition) is 2. The van der Waals surface area contributed by atoms with Crippen molar-refractivity contribution < 1.29 is 21.6 Å². The van der Waals surface area contributed by atoms with Crippen molar-refractivity contribution in [3.05, 3.63) is 28.8 Å². The highest BCUT2D eigenvalue weighted by molar-refractivity contribution is 7.89. The summed E-state index contributed by atoms with van der Waals surface area (Å²) < 4.78 is 66.2. The predicted molar refractivity (Wildman–Crippen MR) is 78.3 cm³/mol. The number of benzene rings is 1. The van der Waals surface area contributed by atoms with Crippen LogP contribution < -0.4 is 4.72 Å². The Kier molecular flexibility index (Phi) is 4.87. The predicted octanol–water partition coefficient (Wildman–Crippen LogP) is 3.97. The fourth-order valence-electron chi connectivity index (χ4n) is 3.27. The van der Waals surface area contributed by atoms with E-state index in [1.807, 2.05) is 0 Å². The fourth-order valence-corrected chi connectivity index (χ4v) is 4.25. The third-order valence-corrected chi connectivity index (χ3v) is 5.90. The number of nitrogens with one attached hydrogen (secondary N) is 1. The second-order valence-electron chi connectivity index (χ2n) is 5.69. The molecule has 2 rings (SSSR count). The van der Waals surface area contributed by atoms with Crippen LogP contribution in [0.3, 0.4) is 0 Å². The molecule has 0 radical (unpaired) electrons. The molecule has 0 aliphatic heterocycles. The van der Waals surface area contributed by atoms with Gasteiger partial charge in [-0.2, -0.15) is 13.2 Å². The minimum atomic E-state index is -4.47. The van der Waals surface area contributed by atoms with Gasteiger partial charge in [-0.15, -0.1) is 0 Å². The molecule has 0 unspecified atom stereocenters. The molecule has 0 bridgehead atoms. The molecule has 124 valence electrons. The van der Waals surface area contributed by atoms with E-state index in [4.69, 9.17) is 0 Å². The summed E-state index contributed by atoms with van der Waals surface area (Å²) in [5, 5.41) is 0. The lowest BCUT2D eigenvalue weighted by Crippen LogP contribution is -2.23. The maximum absolute atomic E-state index is 13.3. The van der Waals surface area contributed by atoms with Crippen molar-refractivity contribution in [3.8, 4) is 0 Å². The minimum Gasteiger partial charge on any atom is -0.214 e. The zero-order valence-corrected chi connectivity index (χ0v) is 13.4. The highest BCUT2D eigenvalue weighted by Crippen LogP contribution is 2.43. The molecule has 1 aliphatic rings. The first-order valence-corrected chi connectivity index (χ1v) is 8.81. The third kappa shape index (κ3) is 3.30. The summed E-state index contributed by atoms with van der Waals surface area (Å²) in [5.74, 6) is -0.225. The van der Waals surface area contributed by atoms with Crippen molar-refractivity contribution in [2.45, 2.75) is 56.0 Å². The zero-order valence-electron chi connectivity index (χ0n) is 12.6. The van der Waals surface area contributed by atoms with Crippen LogP contribution in [0.25, 0.3) is 0 Å². The lowest BCUT2D eigenvalue weighted by molar-refractivity contribution is -0.138. The topological polar surface area (TPSA) is 46.2 Å². The Hall–Kier alpha value is -1.08. The zero-order chi connectivity index (χ0) is 16.5. The Bertz CT molecular complexity index is 647. The minimum absolute atomic E-state index is 0.0661. The van der Waals surface area contributed by atoms with Crippen molar-refractivity contribution in [1.29, 1.82) is 0 Å². The molecule has 1 aromatic rings. The van der Waals surface area contributed by atoms with Crippen LogP contribution in [0.4, 0.5) is 13.2 Å². The molecule has 1 fully saturated rings. The van der Waals surface area contributed by atoms with Crippen LogP contribution >= 0.6 is 0 Å². The van der Waals surface area contributed by atoms with Gasteiger partial charge in [0, 0.05) is 0 Å². The first-order chi connectivity index (χ1) is 10.2. The Morgan fingerprint density at radius 1 is 1.14 bits per heavy atom. The van der Waals surface area contributed by atoms with Gasteiger partial charge in [0.15, 0.2) is 0 Å². The van der Waals surface area contributed by atoms with Gasteiger partial charge in [-0.05, 0) is 56.0 Å². The van der Waals surface area contributed by atoms with Gasteiger partial charge in [0.2, 0.25) is 10.0 Å². The van der Waals surface area contributed by atoms with Crippen LogP contribution in [0.15, 0.2) is 17.0 Å².